The number of aryl methyl sites for hydroxylation is 1. The van der Waals surface area contributed by atoms with Gasteiger partial charge in [-0.15, -0.1) is 24.0 Å². The van der Waals surface area contributed by atoms with Crippen LogP contribution in [0.1, 0.15) is 18.1 Å². The summed E-state index contributed by atoms with van der Waals surface area (Å²) in [7, 11) is 3.76. The molecule has 138 valence electrons. The molecule has 0 radical (unpaired) electrons. The smallest absolute Gasteiger partial charge is 0.191 e. The second kappa shape index (κ2) is 13.4. The molecule has 0 aliphatic heterocycles. The first-order valence-corrected chi connectivity index (χ1v) is 8.01. The lowest BCUT2D eigenvalue weighted by molar-refractivity contribution is 0.162. The highest BCUT2D eigenvalue weighted by atomic mass is 127. The average Bonchev–Trinajstić information content (AvgIpc) is 2.53. The van der Waals surface area contributed by atoms with Gasteiger partial charge in [-0.1, -0.05) is 12.1 Å². The molecule has 0 heterocycles. The minimum Gasteiger partial charge on any atom is -0.383 e. The Labute approximate surface area is 162 Å². The number of hydrogen-bond donors (Lipinski definition) is 2. The third-order valence-corrected chi connectivity index (χ3v) is 3.46. The molecule has 7 heteroatoms. The van der Waals surface area contributed by atoms with Crippen molar-refractivity contribution in [2.75, 3.05) is 46.9 Å². The van der Waals surface area contributed by atoms with Gasteiger partial charge in [0.05, 0.1) is 13.2 Å². The minimum absolute atomic E-state index is 0. The zero-order valence-corrected chi connectivity index (χ0v) is 17.4. The molecular formula is C17H30FIN4O. The summed E-state index contributed by atoms with van der Waals surface area (Å²) in [5.41, 5.74) is 1.52. The highest BCUT2D eigenvalue weighted by Gasteiger charge is 2.02. The zero-order valence-electron chi connectivity index (χ0n) is 15.1. The van der Waals surface area contributed by atoms with Crippen molar-refractivity contribution in [1.82, 2.24) is 15.5 Å². The van der Waals surface area contributed by atoms with Crippen LogP contribution in [0.15, 0.2) is 23.2 Å². The normalized spacial score (nSPS) is 11.3. The Hall–Kier alpha value is -0.930. The van der Waals surface area contributed by atoms with Gasteiger partial charge < -0.3 is 20.3 Å². The molecule has 0 aliphatic carbocycles. The Morgan fingerprint density at radius 3 is 2.67 bits per heavy atom. The Morgan fingerprint density at radius 2 is 2.04 bits per heavy atom. The van der Waals surface area contributed by atoms with E-state index in [4.69, 9.17) is 4.74 Å². The number of likely N-dealkylation sites (N-methyl/N-ethyl adjacent to an activating group) is 1. The van der Waals surface area contributed by atoms with Crippen LogP contribution in [0.5, 0.6) is 0 Å². The van der Waals surface area contributed by atoms with E-state index in [2.05, 4.69) is 27.6 Å². The van der Waals surface area contributed by atoms with E-state index in [9.17, 15) is 4.39 Å². The van der Waals surface area contributed by atoms with Crippen molar-refractivity contribution in [3.8, 4) is 0 Å². The van der Waals surface area contributed by atoms with Gasteiger partial charge in [0.25, 0.3) is 0 Å². The summed E-state index contributed by atoms with van der Waals surface area (Å²) in [4.78, 5) is 6.69. The SMILES string of the molecule is CCNC(=NCc1ccc(C)c(F)c1)NCCN(C)CCOC.I. The van der Waals surface area contributed by atoms with Crippen LogP contribution in [-0.4, -0.2) is 57.8 Å². The molecule has 0 saturated heterocycles. The number of nitrogens with zero attached hydrogens (tertiary/aromatic N) is 2. The quantitative estimate of drug-likeness (QED) is 0.343. The molecule has 5 nitrogen and oxygen atoms in total. The fourth-order valence-electron chi connectivity index (χ4n) is 1.97. The highest BCUT2D eigenvalue weighted by molar-refractivity contribution is 14.0. The van der Waals surface area contributed by atoms with E-state index in [0.29, 0.717) is 12.1 Å². The monoisotopic (exact) mass is 452 g/mol. The van der Waals surface area contributed by atoms with Gasteiger partial charge in [0.15, 0.2) is 5.96 Å². The van der Waals surface area contributed by atoms with E-state index < -0.39 is 0 Å². The lowest BCUT2D eigenvalue weighted by Crippen LogP contribution is -2.41. The van der Waals surface area contributed by atoms with E-state index in [1.807, 2.05) is 13.0 Å². The van der Waals surface area contributed by atoms with Gasteiger partial charge in [0.1, 0.15) is 5.82 Å². The van der Waals surface area contributed by atoms with E-state index in [1.165, 1.54) is 0 Å². The molecule has 0 spiro atoms. The van der Waals surface area contributed by atoms with Crippen LogP contribution in [-0.2, 0) is 11.3 Å². The number of nitrogens with one attached hydrogen (secondary N) is 2. The number of guanidine groups is 1. The van der Waals surface area contributed by atoms with Crippen LogP contribution in [0.4, 0.5) is 4.39 Å². The first-order chi connectivity index (χ1) is 11.1. The van der Waals surface area contributed by atoms with Crippen molar-refractivity contribution in [2.24, 2.45) is 4.99 Å². The molecular weight excluding hydrogens is 422 g/mol. The van der Waals surface area contributed by atoms with Crippen molar-refractivity contribution in [3.05, 3.63) is 35.1 Å². The van der Waals surface area contributed by atoms with Crippen molar-refractivity contribution >= 4 is 29.9 Å². The molecule has 0 saturated carbocycles. The molecule has 0 fully saturated rings. The summed E-state index contributed by atoms with van der Waals surface area (Å²) >= 11 is 0. The van der Waals surface area contributed by atoms with Gasteiger partial charge in [0, 0.05) is 33.3 Å². The van der Waals surface area contributed by atoms with Crippen LogP contribution >= 0.6 is 24.0 Å². The molecule has 2 N–H and O–H groups in total. The standard InChI is InChI=1S/C17H29FN4O.HI/c1-5-19-17(20-8-9-22(3)10-11-23-4)21-13-15-7-6-14(2)16(18)12-15;/h6-7,12H,5,8-11,13H2,1-4H3,(H2,19,20,21);1H. The van der Waals surface area contributed by atoms with E-state index in [1.54, 1.807) is 26.2 Å². The zero-order chi connectivity index (χ0) is 17.1. The fraction of sp³-hybridized carbons (Fsp3) is 0.588. The van der Waals surface area contributed by atoms with E-state index in [0.717, 1.165) is 44.3 Å². The number of halogens is 2. The molecule has 0 unspecified atom stereocenters. The lowest BCUT2D eigenvalue weighted by Gasteiger charge is -2.17. The fourth-order valence-corrected chi connectivity index (χ4v) is 1.97. The Balaban J connectivity index is 0.00000529. The summed E-state index contributed by atoms with van der Waals surface area (Å²) in [5, 5.41) is 6.48. The summed E-state index contributed by atoms with van der Waals surface area (Å²) in [6, 6.07) is 5.23. The highest BCUT2D eigenvalue weighted by Crippen LogP contribution is 2.09. The number of aliphatic imine (C=N–C) groups is 1. The topological polar surface area (TPSA) is 48.9 Å². The summed E-state index contributed by atoms with van der Waals surface area (Å²) in [5.74, 6) is 0.559. The van der Waals surface area contributed by atoms with Gasteiger partial charge in [0.2, 0.25) is 0 Å². The number of methoxy groups -OCH3 is 1. The van der Waals surface area contributed by atoms with Gasteiger partial charge in [-0.3, -0.25) is 0 Å². The molecule has 0 amide bonds. The third kappa shape index (κ3) is 9.39. The second-order valence-corrected chi connectivity index (χ2v) is 5.50. The largest absolute Gasteiger partial charge is 0.383 e. The molecule has 0 bridgehead atoms. The van der Waals surface area contributed by atoms with Crippen LogP contribution in [0.25, 0.3) is 0 Å². The average molecular weight is 452 g/mol. The predicted molar refractivity (Wildman–Crippen MR) is 109 cm³/mol. The number of rotatable bonds is 9. The first-order valence-electron chi connectivity index (χ1n) is 8.01. The van der Waals surface area contributed by atoms with Crippen molar-refractivity contribution in [3.63, 3.8) is 0 Å². The van der Waals surface area contributed by atoms with Crippen LogP contribution in [0, 0.1) is 12.7 Å². The maximum absolute atomic E-state index is 13.5. The summed E-state index contributed by atoms with van der Waals surface area (Å²) in [6.45, 7) is 8.32. The van der Waals surface area contributed by atoms with Crippen molar-refractivity contribution < 1.29 is 9.13 Å². The third-order valence-electron chi connectivity index (χ3n) is 3.46. The van der Waals surface area contributed by atoms with E-state index >= 15 is 0 Å². The molecule has 0 aromatic heterocycles. The number of ether oxygens (including phenoxy) is 1. The molecule has 0 aliphatic rings. The maximum atomic E-state index is 13.5. The van der Waals surface area contributed by atoms with Gasteiger partial charge in [-0.05, 0) is 38.1 Å². The molecule has 0 atom stereocenters. The van der Waals surface area contributed by atoms with Gasteiger partial charge in [-0.25, -0.2) is 9.38 Å². The lowest BCUT2D eigenvalue weighted by atomic mass is 10.1. The van der Waals surface area contributed by atoms with Crippen LogP contribution in [0.3, 0.4) is 0 Å². The predicted octanol–water partition coefficient (Wildman–Crippen LogP) is 2.39. The molecule has 1 aromatic carbocycles. The van der Waals surface area contributed by atoms with Crippen molar-refractivity contribution in [1.29, 1.82) is 0 Å². The molecule has 1 rings (SSSR count). The number of hydrogen-bond acceptors (Lipinski definition) is 3. The summed E-state index contributed by atoms with van der Waals surface area (Å²) < 4.78 is 18.6. The second-order valence-electron chi connectivity index (χ2n) is 5.50. The molecule has 24 heavy (non-hydrogen) atoms. The Morgan fingerprint density at radius 1 is 1.29 bits per heavy atom. The Bertz CT molecular complexity index is 499. The van der Waals surface area contributed by atoms with E-state index in [-0.39, 0.29) is 29.8 Å². The van der Waals surface area contributed by atoms with Crippen molar-refractivity contribution in [2.45, 2.75) is 20.4 Å². The Kier molecular flexibility index (Phi) is 12.9. The maximum Gasteiger partial charge on any atom is 0.191 e. The number of benzene rings is 1. The molecule has 1 aromatic rings. The van der Waals surface area contributed by atoms with Gasteiger partial charge >= 0.3 is 0 Å². The first kappa shape index (κ1) is 23.1. The minimum atomic E-state index is -0.185. The summed E-state index contributed by atoms with van der Waals surface area (Å²) in [6.07, 6.45) is 0. The van der Waals surface area contributed by atoms with Crippen LogP contribution in [0.2, 0.25) is 0 Å². The van der Waals surface area contributed by atoms with Crippen LogP contribution < -0.4 is 10.6 Å². The van der Waals surface area contributed by atoms with Gasteiger partial charge in [-0.2, -0.15) is 0 Å².